The minimum Gasteiger partial charge on any atom is -0.480 e. The molecule has 6 heteroatoms. The van der Waals surface area contributed by atoms with Crippen LogP contribution in [0.1, 0.15) is 12.8 Å². The number of carbonyl (C=O) groups is 2. The number of likely N-dealkylation sites (N-methyl/N-ethyl adjacent to an activating group) is 1. The van der Waals surface area contributed by atoms with Crippen LogP contribution in [0.15, 0.2) is 0 Å². The molecule has 0 spiro atoms. The van der Waals surface area contributed by atoms with E-state index in [9.17, 15) is 9.59 Å². The third kappa shape index (κ3) is 4.75. The first kappa shape index (κ1) is 11.9. The third-order valence-corrected chi connectivity index (χ3v) is 2.18. The normalized spacial score (nSPS) is 17.5. The molecule has 15 heavy (non-hydrogen) atoms. The Hall–Kier alpha value is -1.14. The molecule has 0 radical (unpaired) electrons. The molecule has 0 aliphatic heterocycles. The maximum Gasteiger partial charge on any atom is 0.321 e. The predicted octanol–water partition coefficient (Wildman–Crippen LogP) is -1.39. The van der Waals surface area contributed by atoms with E-state index in [0.717, 1.165) is 12.8 Å². The van der Waals surface area contributed by atoms with E-state index in [4.69, 9.17) is 10.8 Å². The van der Waals surface area contributed by atoms with Crippen LogP contribution in [0.4, 0.5) is 0 Å². The fraction of sp³-hybridized carbons (Fsp3) is 0.778. The Kier molecular flexibility index (Phi) is 4.05. The van der Waals surface area contributed by atoms with Crippen molar-refractivity contribution in [1.82, 2.24) is 10.2 Å². The molecule has 0 heterocycles. The van der Waals surface area contributed by atoms with Crippen molar-refractivity contribution in [1.29, 1.82) is 0 Å². The summed E-state index contributed by atoms with van der Waals surface area (Å²) in [5.41, 5.74) is 5.33. The highest BCUT2D eigenvalue weighted by Crippen LogP contribution is 2.18. The van der Waals surface area contributed by atoms with Crippen LogP contribution < -0.4 is 11.1 Å². The molecule has 1 atom stereocenters. The molecule has 0 aromatic carbocycles. The summed E-state index contributed by atoms with van der Waals surface area (Å²) in [5.74, 6) is -1.12. The fourth-order valence-corrected chi connectivity index (χ4v) is 1.22. The summed E-state index contributed by atoms with van der Waals surface area (Å²) in [5, 5.41) is 11.4. The lowest BCUT2D eigenvalue weighted by Gasteiger charge is -2.18. The van der Waals surface area contributed by atoms with E-state index in [-0.39, 0.29) is 19.0 Å². The number of amides is 1. The number of nitrogens with one attached hydrogen (secondary N) is 1. The first-order valence-corrected chi connectivity index (χ1v) is 4.95. The van der Waals surface area contributed by atoms with Crippen LogP contribution in [0, 0.1) is 0 Å². The van der Waals surface area contributed by atoms with Crippen LogP contribution in [-0.2, 0) is 9.59 Å². The molecule has 1 unspecified atom stereocenters. The zero-order chi connectivity index (χ0) is 11.4. The van der Waals surface area contributed by atoms with Crippen molar-refractivity contribution < 1.29 is 14.7 Å². The van der Waals surface area contributed by atoms with Gasteiger partial charge in [-0.25, -0.2) is 0 Å². The molecule has 1 aliphatic rings. The van der Waals surface area contributed by atoms with Gasteiger partial charge in [0.15, 0.2) is 0 Å². The lowest BCUT2D eigenvalue weighted by molar-refractivity contribution is -0.139. The Morgan fingerprint density at radius 2 is 2.20 bits per heavy atom. The number of carbonyl (C=O) groups excluding carboxylic acids is 1. The maximum absolute atomic E-state index is 11.3. The van der Waals surface area contributed by atoms with Gasteiger partial charge in [-0.2, -0.15) is 0 Å². The van der Waals surface area contributed by atoms with Gasteiger partial charge < -0.3 is 16.2 Å². The summed E-state index contributed by atoms with van der Waals surface area (Å²) < 4.78 is 0. The molecule has 0 bridgehead atoms. The van der Waals surface area contributed by atoms with Gasteiger partial charge in [-0.3, -0.25) is 14.5 Å². The van der Waals surface area contributed by atoms with E-state index in [2.05, 4.69) is 5.32 Å². The van der Waals surface area contributed by atoms with Gasteiger partial charge in [-0.15, -0.1) is 0 Å². The second-order valence-electron chi connectivity index (χ2n) is 3.98. The summed E-state index contributed by atoms with van der Waals surface area (Å²) in [7, 11) is 1.68. The number of carboxylic acid groups (broad SMARTS) is 1. The van der Waals surface area contributed by atoms with Crippen molar-refractivity contribution in [2.45, 2.75) is 24.9 Å². The van der Waals surface area contributed by atoms with Crippen molar-refractivity contribution >= 4 is 11.9 Å². The first-order valence-electron chi connectivity index (χ1n) is 4.95. The summed E-state index contributed by atoms with van der Waals surface area (Å²) in [6.07, 6.45) is 2.09. The Balaban J connectivity index is 2.18. The second-order valence-corrected chi connectivity index (χ2v) is 3.98. The van der Waals surface area contributed by atoms with Crippen molar-refractivity contribution in [3.63, 3.8) is 0 Å². The molecular weight excluding hydrogens is 198 g/mol. The van der Waals surface area contributed by atoms with Gasteiger partial charge in [-0.1, -0.05) is 0 Å². The average Bonchev–Trinajstić information content (AvgIpc) is 2.86. The quantitative estimate of drug-likeness (QED) is 0.507. The Morgan fingerprint density at radius 1 is 1.60 bits per heavy atom. The summed E-state index contributed by atoms with van der Waals surface area (Å²) >= 11 is 0. The van der Waals surface area contributed by atoms with Gasteiger partial charge in [-0.05, 0) is 19.9 Å². The average molecular weight is 215 g/mol. The number of hydrogen-bond acceptors (Lipinski definition) is 4. The monoisotopic (exact) mass is 215 g/mol. The lowest BCUT2D eigenvalue weighted by atomic mass is 10.3. The second kappa shape index (κ2) is 5.09. The van der Waals surface area contributed by atoms with Crippen molar-refractivity contribution in [3.8, 4) is 0 Å². The van der Waals surface area contributed by atoms with E-state index >= 15 is 0 Å². The van der Waals surface area contributed by atoms with Crippen LogP contribution in [0.25, 0.3) is 0 Å². The van der Waals surface area contributed by atoms with Crippen molar-refractivity contribution in [2.75, 3.05) is 20.1 Å². The number of hydrogen-bond donors (Lipinski definition) is 3. The van der Waals surface area contributed by atoms with E-state index < -0.39 is 12.0 Å². The van der Waals surface area contributed by atoms with Gasteiger partial charge in [0.25, 0.3) is 0 Å². The first-order chi connectivity index (χ1) is 6.99. The topological polar surface area (TPSA) is 95.7 Å². The Morgan fingerprint density at radius 3 is 2.67 bits per heavy atom. The van der Waals surface area contributed by atoms with E-state index in [0.29, 0.717) is 6.04 Å². The molecule has 1 fully saturated rings. The minimum absolute atomic E-state index is 0.0717. The van der Waals surface area contributed by atoms with Gasteiger partial charge >= 0.3 is 5.97 Å². The minimum atomic E-state index is -1.05. The molecule has 1 aliphatic carbocycles. The highest BCUT2D eigenvalue weighted by Gasteiger charge is 2.24. The Bertz CT molecular complexity index is 253. The summed E-state index contributed by atoms with van der Waals surface area (Å²) in [6.45, 7) is 0.366. The molecule has 6 nitrogen and oxygen atoms in total. The highest BCUT2D eigenvalue weighted by molar-refractivity contribution is 5.79. The molecule has 1 amide bonds. The van der Waals surface area contributed by atoms with Crippen molar-refractivity contribution in [3.05, 3.63) is 0 Å². The van der Waals surface area contributed by atoms with Crippen molar-refractivity contribution in [2.24, 2.45) is 5.73 Å². The molecule has 86 valence electrons. The van der Waals surface area contributed by atoms with Gasteiger partial charge in [0.1, 0.15) is 6.04 Å². The van der Waals surface area contributed by atoms with Crippen LogP contribution in [0.2, 0.25) is 0 Å². The zero-order valence-electron chi connectivity index (χ0n) is 8.77. The SMILES string of the molecule is CN(CC(=O)NC1CC1)CC(N)C(=O)O. The van der Waals surface area contributed by atoms with Crippen LogP contribution >= 0.6 is 0 Å². The molecule has 4 N–H and O–H groups in total. The van der Waals surface area contributed by atoms with Crippen LogP contribution in [0.5, 0.6) is 0 Å². The zero-order valence-corrected chi connectivity index (χ0v) is 8.77. The summed E-state index contributed by atoms with van der Waals surface area (Å²) in [6, 6.07) is -0.609. The number of rotatable bonds is 6. The number of carboxylic acids is 1. The standard InChI is InChI=1S/C9H17N3O3/c1-12(4-7(10)9(14)15)5-8(13)11-6-2-3-6/h6-7H,2-5,10H2,1H3,(H,11,13)(H,14,15). The molecule has 0 saturated heterocycles. The Labute approximate surface area is 88.4 Å². The smallest absolute Gasteiger partial charge is 0.321 e. The largest absolute Gasteiger partial charge is 0.480 e. The number of nitrogens with zero attached hydrogens (tertiary/aromatic N) is 1. The number of nitrogens with two attached hydrogens (primary N) is 1. The molecule has 1 saturated carbocycles. The molecule has 0 aromatic heterocycles. The predicted molar refractivity (Wildman–Crippen MR) is 54.3 cm³/mol. The highest BCUT2D eigenvalue weighted by atomic mass is 16.4. The van der Waals surface area contributed by atoms with Crippen LogP contribution in [0.3, 0.4) is 0 Å². The van der Waals surface area contributed by atoms with Crippen LogP contribution in [-0.4, -0.2) is 54.1 Å². The lowest BCUT2D eigenvalue weighted by Crippen LogP contribution is -2.44. The van der Waals surface area contributed by atoms with Gasteiger partial charge in [0.05, 0.1) is 6.54 Å². The van der Waals surface area contributed by atoms with Gasteiger partial charge in [0, 0.05) is 12.6 Å². The third-order valence-electron chi connectivity index (χ3n) is 2.18. The van der Waals surface area contributed by atoms with E-state index in [1.165, 1.54) is 0 Å². The molecule has 1 rings (SSSR count). The number of aliphatic carboxylic acids is 1. The molecule has 0 aromatic rings. The maximum atomic E-state index is 11.3. The van der Waals surface area contributed by atoms with E-state index in [1.54, 1.807) is 11.9 Å². The fourth-order valence-electron chi connectivity index (χ4n) is 1.22. The summed E-state index contributed by atoms with van der Waals surface area (Å²) in [4.78, 5) is 23.4. The molecular formula is C9H17N3O3. The van der Waals surface area contributed by atoms with Gasteiger partial charge in [0.2, 0.25) is 5.91 Å². The van der Waals surface area contributed by atoms with E-state index in [1.807, 2.05) is 0 Å².